The first-order valence-corrected chi connectivity index (χ1v) is 16.3. The van der Waals surface area contributed by atoms with Gasteiger partial charge in [0, 0.05) is 67.7 Å². The summed E-state index contributed by atoms with van der Waals surface area (Å²) in [6.07, 6.45) is 10.3. The number of benzene rings is 2. The number of ether oxygens (including phenoxy) is 3. The second kappa shape index (κ2) is 11.8. The number of methoxy groups -OCH3 is 1. The summed E-state index contributed by atoms with van der Waals surface area (Å²) < 4.78 is 48.7. The van der Waals surface area contributed by atoms with E-state index in [4.69, 9.17) is 25.6 Å². The van der Waals surface area contributed by atoms with Gasteiger partial charge in [-0.1, -0.05) is 18.1 Å². The van der Waals surface area contributed by atoms with Crippen LogP contribution < -0.4 is 14.4 Å². The lowest BCUT2D eigenvalue weighted by atomic mass is 9.94. The summed E-state index contributed by atoms with van der Waals surface area (Å²) in [6, 6.07) is 9.13. The highest BCUT2D eigenvalue weighted by molar-refractivity contribution is 6.02. The molecule has 1 aliphatic carbocycles. The fraction of sp³-hybridized carbons (Fsp3) is 0.472. The van der Waals surface area contributed by atoms with Gasteiger partial charge in [-0.15, -0.1) is 6.42 Å². The van der Waals surface area contributed by atoms with Gasteiger partial charge in [-0.2, -0.15) is 9.97 Å². The largest absolute Gasteiger partial charge is 0.468 e. The number of hydrogen-bond acceptors (Lipinski definition) is 9. The van der Waals surface area contributed by atoms with Gasteiger partial charge in [-0.25, -0.2) is 8.78 Å². The lowest BCUT2D eigenvalue weighted by Crippen LogP contribution is -2.45. The third-order valence-corrected chi connectivity index (χ3v) is 10.7. The maximum absolute atomic E-state index is 17.0. The Morgan fingerprint density at radius 2 is 1.96 bits per heavy atom. The minimum Gasteiger partial charge on any atom is -0.468 e. The van der Waals surface area contributed by atoms with Gasteiger partial charge >= 0.3 is 6.01 Å². The molecule has 0 amide bonds. The molecule has 3 aliphatic heterocycles. The summed E-state index contributed by atoms with van der Waals surface area (Å²) in [5.41, 5.74) is 0.771. The molecule has 2 bridgehead atoms. The molecule has 5 atom stereocenters. The first kappa shape index (κ1) is 30.2. The quantitative estimate of drug-likeness (QED) is 0.208. The van der Waals surface area contributed by atoms with Gasteiger partial charge in [0.15, 0.2) is 12.6 Å². The Labute approximate surface area is 271 Å². The van der Waals surface area contributed by atoms with Crippen molar-refractivity contribution in [1.29, 1.82) is 0 Å². The lowest BCUT2D eigenvalue weighted by Gasteiger charge is -2.36. The Hall–Kier alpha value is -4.11. The third-order valence-electron chi connectivity index (χ3n) is 10.7. The smallest absolute Gasteiger partial charge is 0.319 e. The highest BCUT2D eigenvalue weighted by Gasteiger charge is 2.49. The summed E-state index contributed by atoms with van der Waals surface area (Å²) in [4.78, 5) is 18.4. The molecule has 4 fully saturated rings. The number of aliphatic hydroxyl groups is 1. The van der Waals surface area contributed by atoms with Crippen molar-refractivity contribution >= 4 is 27.5 Å². The van der Waals surface area contributed by atoms with Crippen LogP contribution in [0.15, 0.2) is 36.5 Å². The minimum atomic E-state index is -0.903. The van der Waals surface area contributed by atoms with Crippen LogP contribution in [-0.2, 0) is 4.74 Å². The van der Waals surface area contributed by atoms with Crippen LogP contribution >= 0.6 is 0 Å². The third kappa shape index (κ3) is 5.14. The minimum absolute atomic E-state index is 0.0132. The molecule has 3 saturated heterocycles. The molecule has 2 aromatic heterocycles. The van der Waals surface area contributed by atoms with Gasteiger partial charge in [-0.05, 0) is 55.8 Å². The molecular formula is C36H37F2N5O4. The maximum atomic E-state index is 17.0. The summed E-state index contributed by atoms with van der Waals surface area (Å²) >= 11 is 0. The van der Waals surface area contributed by atoms with Crippen LogP contribution in [0, 0.1) is 30.0 Å². The Morgan fingerprint density at radius 3 is 2.74 bits per heavy atom. The average Bonchev–Trinajstić information content (AvgIpc) is 3.66. The van der Waals surface area contributed by atoms with Crippen molar-refractivity contribution in [2.45, 2.75) is 49.9 Å². The zero-order valence-corrected chi connectivity index (χ0v) is 26.3. The van der Waals surface area contributed by atoms with E-state index in [1.165, 1.54) is 7.11 Å². The zero-order chi connectivity index (χ0) is 32.3. The van der Waals surface area contributed by atoms with Gasteiger partial charge in [0.25, 0.3) is 0 Å². The molecule has 1 saturated carbocycles. The topological polar surface area (TPSA) is 93.1 Å². The van der Waals surface area contributed by atoms with Gasteiger partial charge < -0.3 is 24.2 Å². The number of piperidine rings is 1. The van der Waals surface area contributed by atoms with Crippen LogP contribution in [0.25, 0.3) is 32.9 Å². The molecule has 4 aromatic rings. The number of pyridine rings is 1. The molecule has 47 heavy (non-hydrogen) atoms. The first-order chi connectivity index (χ1) is 22.9. The number of halogens is 2. The summed E-state index contributed by atoms with van der Waals surface area (Å²) in [7, 11) is 1.53. The Morgan fingerprint density at radius 1 is 1.13 bits per heavy atom. The van der Waals surface area contributed by atoms with E-state index in [9.17, 15) is 9.50 Å². The number of aromatic nitrogens is 3. The van der Waals surface area contributed by atoms with Gasteiger partial charge in [-0.3, -0.25) is 9.88 Å². The number of aliphatic hydroxyl groups excluding tert-OH is 1. The van der Waals surface area contributed by atoms with E-state index >= 15 is 4.39 Å². The Kier molecular flexibility index (Phi) is 7.62. The highest BCUT2D eigenvalue weighted by Crippen LogP contribution is 2.43. The molecule has 0 unspecified atom stereocenters. The van der Waals surface area contributed by atoms with Crippen molar-refractivity contribution in [3.05, 3.63) is 47.9 Å². The fourth-order valence-electron chi connectivity index (χ4n) is 8.45. The summed E-state index contributed by atoms with van der Waals surface area (Å²) in [5, 5.41) is 12.6. The summed E-state index contributed by atoms with van der Waals surface area (Å²) in [6.45, 7) is 2.63. The SMILES string of the molecule is C#Cc1cccc2cc(OCOC)cc(-c3ncc4c(N5C[C@H]6CC[C@@H](C5)[C@H]6O)nc(OC[C@@]56CCCN5C[C@H](F)C6)nc4c3F)c12. The maximum Gasteiger partial charge on any atom is 0.319 e. The Bertz CT molecular complexity index is 1890. The zero-order valence-electron chi connectivity index (χ0n) is 26.3. The number of anilines is 1. The lowest BCUT2D eigenvalue weighted by molar-refractivity contribution is 0.0512. The number of nitrogens with zero attached hydrogens (tertiary/aromatic N) is 5. The Balaban J connectivity index is 1.26. The number of rotatable bonds is 8. The second-order valence-electron chi connectivity index (χ2n) is 13.4. The van der Waals surface area contributed by atoms with Crippen molar-refractivity contribution in [2.75, 3.05) is 51.6 Å². The number of terminal acetylenes is 1. The van der Waals surface area contributed by atoms with Crippen LogP contribution in [0.2, 0.25) is 0 Å². The van der Waals surface area contributed by atoms with Crippen LogP contribution in [0.5, 0.6) is 11.8 Å². The molecule has 9 nitrogen and oxygen atoms in total. The normalized spacial score (nSPS) is 27.0. The van der Waals surface area contributed by atoms with Crippen molar-refractivity contribution in [3.63, 3.8) is 0 Å². The first-order valence-electron chi connectivity index (χ1n) is 16.3. The van der Waals surface area contributed by atoms with Gasteiger partial charge in [0.05, 0.1) is 17.0 Å². The van der Waals surface area contributed by atoms with Crippen LogP contribution in [0.3, 0.4) is 0 Å². The molecule has 11 heteroatoms. The monoisotopic (exact) mass is 641 g/mol. The fourth-order valence-corrected chi connectivity index (χ4v) is 8.45. The van der Waals surface area contributed by atoms with E-state index in [1.807, 2.05) is 24.3 Å². The number of alkyl halides is 1. The van der Waals surface area contributed by atoms with E-state index in [2.05, 4.69) is 25.7 Å². The van der Waals surface area contributed by atoms with E-state index < -0.39 is 17.5 Å². The van der Waals surface area contributed by atoms with Crippen molar-refractivity contribution in [1.82, 2.24) is 19.9 Å². The van der Waals surface area contributed by atoms with E-state index in [1.54, 1.807) is 12.3 Å². The standard InChI is InChI=1S/C36H37F2N5O4/c1-3-21-6-4-7-22-12-26(47-20-45-2)13-27(29(21)22)31-30(38)32-28(15-39-31)34(42-16-23-8-9-24(17-42)33(23)44)41-35(40-32)46-19-36-10-5-11-43(36)18-25(37)14-36/h1,4,6-7,12-13,15,23-25,33,44H,5,8-11,14,16-20H2,2H3/t23-,24+,25-,33+,36+/m1/s1. The van der Waals surface area contributed by atoms with Crippen LogP contribution in [-0.4, -0.2) is 89.5 Å². The molecular weight excluding hydrogens is 604 g/mol. The molecule has 0 radical (unpaired) electrons. The van der Waals surface area contributed by atoms with E-state index in [-0.39, 0.29) is 48.6 Å². The molecule has 0 spiro atoms. The molecule has 4 aliphatic rings. The number of hydrogen-bond donors (Lipinski definition) is 1. The summed E-state index contributed by atoms with van der Waals surface area (Å²) in [5.74, 6) is 3.29. The highest BCUT2D eigenvalue weighted by atomic mass is 19.1. The van der Waals surface area contributed by atoms with Crippen LogP contribution in [0.4, 0.5) is 14.6 Å². The van der Waals surface area contributed by atoms with Crippen molar-refractivity contribution in [3.8, 4) is 35.4 Å². The van der Waals surface area contributed by atoms with Crippen molar-refractivity contribution in [2.24, 2.45) is 11.8 Å². The molecule has 8 rings (SSSR count). The van der Waals surface area contributed by atoms with Gasteiger partial charge in [0.1, 0.15) is 35.6 Å². The van der Waals surface area contributed by atoms with E-state index in [0.717, 1.165) is 37.6 Å². The average molecular weight is 642 g/mol. The van der Waals surface area contributed by atoms with Gasteiger partial charge in [0.2, 0.25) is 0 Å². The molecule has 5 heterocycles. The predicted octanol–water partition coefficient (Wildman–Crippen LogP) is 5.11. The molecule has 244 valence electrons. The van der Waals surface area contributed by atoms with E-state index in [0.29, 0.717) is 59.5 Å². The molecule has 1 N–H and O–H groups in total. The predicted molar refractivity (Wildman–Crippen MR) is 174 cm³/mol. The second-order valence-corrected chi connectivity index (χ2v) is 13.4. The van der Waals surface area contributed by atoms with Crippen molar-refractivity contribution < 1.29 is 28.1 Å². The molecule has 2 aromatic carbocycles. The number of fused-ring (bicyclic) bond motifs is 5. The van der Waals surface area contributed by atoms with Crippen LogP contribution in [0.1, 0.15) is 37.7 Å².